The zero-order valence-electron chi connectivity index (χ0n) is 15.5. The van der Waals surface area contributed by atoms with Crippen LogP contribution in [0.15, 0.2) is 53.3 Å². The van der Waals surface area contributed by atoms with Crippen molar-refractivity contribution in [1.82, 2.24) is 20.4 Å². The molecule has 0 saturated carbocycles. The first-order valence-electron chi connectivity index (χ1n) is 8.57. The van der Waals surface area contributed by atoms with Gasteiger partial charge in [0.05, 0.1) is 18.5 Å². The van der Waals surface area contributed by atoms with Crippen LogP contribution in [0, 0.1) is 0 Å². The van der Waals surface area contributed by atoms with Gasteiger partial charge in [0, 0.05) is 11.9 Å². The molecule has 1 atom stereocenters. The van der Waals surface area contributed by atoms with E-state index in [2.05, 4.69) is 15.5 Å². The van der Waals surface area contributed by atoms with Crippen LogP contribution in [0.25, 0.3) is 10.8 Å². The van der Waals surface area contributed by atoms with Crippen LogP contribution in [0.2, 0.25) is 0 Å². The van der Waals surface area contributed by atoms with Crippen molar-refractivity contribution < 1.29 is 9.53 Å². The minimum Gasteiger partial charge on any atom is -0.497 e. The number of carbonyl (C=O) groups is 1. The molecule has 0 fully saturated rings. The number of nitrogens with one attached hydrogen (secondary N) is 2. The lowest BCUT2D eigenvalue weighted by molar-refractivity contribution is 0.0937. The lowest BCUT2D eigenvalue weighted by Crippen LogP contribution is -2.35. The van der Waals surface area contributed by atoms with Crippen molar-refractivity contribution in [3.8, 4) is 5.75 Å². The Kier molecular flexibility index (Phi) is 5.52. The second-order valence-corrected chi connectivity index (χ2v) is 6.41. The van der Waals surface area contributed by atoms with Crippen LogP contribution in [0.3, 0.4) is 0 Å². The molecule has 2 N–H and O–H groups in total. The van der Waals surface area contributed by atoms with E-state index < -0.39 is 0 Å². The summed E-state index contributed by atoms with van der Waals surface area (Å²) < 4.78 is 5.20. The molecule has 0 aliphatic carbocycles. The molecule has 7 nitrogen and oxygen atoms in total. The first-order chi connectivity index (χ1) is 13.0. The highest BCUT2D eigenvalue weighted by molar-refractivity contribution is 6.04. The number of methoxy groups -OCH3 is 1. The lowest BCUT2D eigenvalue weighted by Gasteiger charge is -2.25. The Morgan fingerprint density at radius 3 is 2.44 bits per heavy atom. The van der Waals surface area contributed by atoms with Crippen LogP contribution in [0.5, 0.6) is 5.75 Å². The quantitative estimate of drug-likeness (QED) is 0.696. The smallest absolute Gasteiger partial charge is 0.272 e. The molecule has 0 unspecified atom stereocenters. The van der Waals surface area contributed by atoms with Crippen molar-refractivity contribution in [1.29, 1.82) is 0 Å². The Balaban J connectivity index is 1.81. The van der Waals surface area contributed by atoms with E-state index in [-0.39, 0.29) is 23.2 Å². The van der Waals surface area contributed by atoms with E-state index in [1.807, 2.05) is 43.3 Å². The molecule has 140 valence electrons. The van der Waals surface area contributed by atoms with Crippen molar-refractivity contribution in [3.63, 3.8) is 0 Å². The number of rotatable bonds is 6. The fraction of sp³-hybridized carbons (Fsp3) is 0.250. The number of aromatic nitrogens is 2. The molecule has 2 aromatic carbocycles. The zero-order valence-corrected chi connectivity index (χ0v) is 15.5. The van der Waals surface area contributed by atoms with E-state index in [9.17, 15) is 9.59 Å². The molecule has 1 amide bonds. The summed E-state index contributed by atoms with van der Waals surface area (Å²) in [6.07, 6.45) is 0. The van der Waals surface area contributed by atoms with Gasteiger partial charge in [0.1, 0.15) is 5.75 Å². The molecule has 0 radical (unpaired) electrons. The van der Waals surface area contributed by atoms with Crippen LogP contribution in [-0.2, 0) is 0 Å². The number of likely N-dealkylation sites (N-methyl/N-ethyl adjacent to an activating group) is 1. The second-order valence-electron chi connectivity index (χ2n) is 6.41. The van der Waals surface area contributed by atoms with Gasteiger partial charge >= 0.3 is 0 Å². The summed E-state index contributed by atoms with van der Waals surface area (Å²) in [5.74, 6) is 0.451. The van der Waals surface area contributed by atoms with Crippen molar-refractivity contribution in [2.45, 2.75) is 6.04 Å². The number of amides is 1. The van der Waals surface area contributed by atoms with Gasteiger partial charge in [-0.1, -0.05) is 30.3 Å². The fourth-order valence-corrected chi connectivity index (χ4v) is 2.99. The zero-order chi connectivity index (χ0) is 19.4. The van der Waals surface area contributed by atoms with E-state index in [4.69, 9.17) is 4.74 Å². The standard InChI is InChI=1S/C20H22N4O3/c1-24(2)17(13-8-10-14(27-3)11-9-13)12-21-20(26)18-15-6-4-5-7-16(15)19(25)23-22-18/h4-11,17H,12H2,1-3H3,(H,21,26)(H,23,25)/t17-/m0/s1. The Morgan fingerprint density at radius 2 is 1.81 bits per heavy atom. The summed E-state index contributed by atoms with van der Waals surface area (Å²) in [5.41, 5.74) is 0.948. The van der Waals surface area contributed by atoms with Crippen molar-refractivity contribution in [2.75, 3.05) is 27.7 Å². The first-order valence-corrected chi connectivity index (χ1v) is 8.57. The number of carbonyl (C=O) groups excluding carboxylic acids is 1. The SMILES string of the molecule is COc1ccc([C@H](CNC(=O)c2n[nH]c(=O)c3ccccc23)N(C)C)cc1. The molecule has 3 aromatic rings. The van der Waals surface area contributed by atoms with Gasteiger partial charge in [-0.3, -0.25) is 9.59 Å². The summed E-state index contributed by atoms with van der Waals surface area (Å²) in [5, 5.41) is 10.2. The molecule has 0 aliphatic heterocycles. The predicted molar refractivity (Wildman–Crippen MR) is 104 cm³/mol. The maximum Gasteiger partial charge on any atom is 0.272 e. The minimum atomic E-state index is -0.331. The molecule has 0 aliphatic rings. The summed E-state index contributed by atoms with van der Waals surface area (Å²) >= 11 is 0. The lowest BCUT2D eigenvalue weighted by atomic mass is 10.1. The average molecular weight is 366 g/mol. The van der Waals surface area contributed by atoms with Gasteiger partial charge in [-0.15, -0.1) is 0 Å². The normalized spacial score (nSPS) is 12.1. The van der Waals surface area contributed by atoms with Gasteiger partial charge in [0.2, 0.25) is 0 Å². The van der Waals surface area contributed by atoms with E-state index in [1.54, 1.807) is 31.4 Å². The Morgan fingerprint density at radius 1 is 1.15 bits per heavy atom. The van der Waals surface area contributed by atoms with Gasteiger partial charge in [-0.2, -0.15) is 5.10 Å². The third-order valence-electron chi connectivity index (χ3n) is 4.49. The molecular weight excluding hydrogens is 344 g/mol. The number of hydrogen-bond acceptors (Lipinski definition) is 5. The summed E-state index contributed by atoms with van der Waals surface area (Å²) in [4.78, 5) is 26.6. The van der Waals surface area contributed by atoms with Crippen LogP contribution in [0.4, 0.5) is 0 Å². The fourth-order valence-electron chi connectivity index (χ4n) is 2.99. The van der Waals surface area contributed by atoms with Crippen LogP contribution in [-0.4, -0.2) is 48.8 Å². The van der Waals surface area contributed by atoms with Gasteiger partial charge in [0.25, 0.3) is 11.5 Å². The third-order valence-corrected chi connectivity index (χ3v) is 4.49. The molecule has 7 heteroatoms. The molecule has 1 aromatic heterocycles. The molecular formula is C20H22N4O3. The highest BCUT2D eigenvalue weighted by atomic mass is 16.5. The monoisotopic (exact) mass is 366 g/mol. The van der Waals surface area contributed by atoms with Crippen molar-refractivity contribution >= 4 is 16.7 Å². The molecule has 0 spiro atoms. The van der Waals surface area contributed by atoms with Crippen LogP contribution in [0.1, 0.15) is 22.1 Å². The minimum absolute atomic E-state index is 0.0196. The number of aromatic amines is 1. The van der Waals surface area contributed by atoms with E-state index in [0.717, 1.165) is 11.3 Å². The molecule has 1 heterocycles. The first kappa shape index (κ1) is 18.6. The Labute approximate surface area is 157 Å². The molecule has 27 heavy (non-hydrogen) atoms. The highest BCUT2D eigenvalue weighted by Crippen LogP contribution is 2.21. The average Bonchev–Trinajstić information content (AvgIpc) is 2.68. The second kappa shape index (κ2) is 8.01. The van der Waals surface area contributed by atoms with Gasteiger partial charge in [0.15, 0.2) is 5.69 Å². The van der Waals surface area contributed by atoms with E-state index in [0.29, 0.717) is 17.3 Å². The number of ether oxygens (including phenoxy) is 1. The van der Waals surface area contributed by atoms with Crippen LogP contribution >= 0.6 is 0 Å². The van der Waals surface area contributed by atoms with Gasteiger partial charge in [-0.25, -0.2) is 5.10 Å². The van der Waals surface area contributed by atoms with Gasteiger partial charge < -0.3 is 15.0 Å². The summed E-state index contributed by atoms with van der Waals surface area (Å²) in [6.45, 7) is 0.396. The summed E-state index contributed by atoms with van der Waals surface area (Å²) in [6, 6.07) is 14.6. The largest absolute Gasteiger partial charge is 0.497 e. The number of hydrogen-bond donors (Lipinski definition) is 2. The van der Waals surface area contributed by atoms with Gasteiger partial charge in [-0.05, 0) is 37.9 Å². The number of benzene rings is 2. The predicted octanol–water partition coefficient (Wildman–Crippen LogP) is 1.96. The molecule has 3 rings (SSSR count). The third kappa shape index (κ3) is 3.98. The highest BCUT2D eigenvalue weighted by Gasteiger charge is 2.18. The molecule has 0 saturated heterocycles. The number of H-pyrrole nitrogens is 1. The van der Waals surface area contributed by atoms with Crippen molar-refractivity contribution in [2.24, 2.45) is 0 Å². The number of nitrogens with zero attached hydrogens (tertiary/aromatic N) is 2. The maximum absolute atomic E-state index is 12.7. The Bertz CT molecular complexity index is 996. The topological polar surface area (TPSA) is 87.3 Å². The van der Waals surface area contributed by atoms with Crippen molar-refractivity contribution in [3.05, 3.63) is 70.1 Å². The van der Waals surface area contributed by atoms with E-state index >= 15 is 0 Å². The summed E-state index contributed by atoms with van der Waals surface area (Å²) in [7, 11) is 5.53. The Hall–Kier alpha value is -3.19. The van der Waals surface area contributed by atoms with Crippen LogP contribution < -0.4 is 15.6 Å². The molecule has 0 bridgehead atoms. The van der Waals surface area contributed by atoms with E-state index in [1.165, 1.54) is 0 Å². The maximum atomic E-state index is 12.7. The number of fused-ring (bicyclic) bond motifs is 1.